The molecule has 128 valence electrons. The van der Waals surface area contributed by atoms with Gasteiger partial charge in [0.15, 0.2) is 0 Å². The van der Waals surface area contributed by atoms with E-state index in [1.165, 1.54) is 51.2 Å². The van der Waals surface area contributed by atoms with Crippen LogP contribution >= 0.6 is 0 Å². The van der Waals surface area contributed by atoms with Gasteiger partial charge in [-0.05, 0) is 36.2 Å². The Morgan fingerprint density at radius 1 is 1.09 bits per heavy atom. The quantitative estimate of drug-likeness (QED) is 0.344. The second-order valence-corrected chi connectivity index (χ2v) is 5.63. The molecule has 0 atom stereocenters. The largest absolute Gasteiger partial charge is 0.494 e. The maximum absolute atomic E-state index is 10.5. The van der Waals surface area contributed by atoms with E-state index in [9.17, 15) is 4.79 Å². The summed E-state index contributed by atoms with van der Waals surface area (Å²) < 4.78 is 5.71. The Morgan fingerprint density at radius 2 is 1.70 bits per heavy atom. The molecular weight excluding hydrogens is 290 g/mol. The molecule has 0 fully saturated rings. The molecule has 0 aliphatic rings. The van der Waals surface area contributed by atoms with Crippen molar-refractivity contribution in [3.63, 3.8) is 0 Å². The van der Waals surface area contributed by atoms with Gasteiger partial charge in [-0.1, -0.05) is 51.9 Å². The van der Waals surface area contributed by atoms with Gasteiger partial charge in [0.25, 0.3) is 0 Å². The molecule has 2 amide bonds. The number of nitrogens with two attached hydrogens (primary N) is 1. The number of primary amides is 1. The van der Waals surface area contributed by atoms with Gasteiger partial charge in [-0.15, -0.1) is 0 Å². The van der Waals surface area contributed by atoms with Crippen LogP contribution in [0.2, 0.25) is 0 Å². The monoisotopic (exact) mass is 319 g/mol. The van der Waals surface area contributed by atoms with Crippen LogP contribution in [0.5, 0.6) is 5.75 Å². The van der Waals surface area contributed by atoms with Crippen molar-refractivity contribution in [1.29, 1.82) is 0 Å². The van der Waals surface area contributed by atoms with Gasteiger partial charge in [-0.25, -0.2) is 10.2 Å². The fourth-order valence-electron chi connectivity index (χ4n) is 2.25. The van der Waals surface area contributed by atoms with Crippen molar-refractivity contribution >= 4 is 12.2 Å². The Labute approximate surface area is 139 Å². The van der Waals surface area contributed by atoms with Gasteiger partial charge in [0.05, 0.1) is 12.8 Å². The molecule has 0 saturated heterocycles. The van der Waals surface area contributed by atoms with Crippen LogP contribution in [0.15, 0.2) is 29.4 Å². The number of hydrogen-bond donors (Lipinski definition) is 2. The summed E-state index contributed by atoms with van der Waals surface area (Å²) in [5.41, 5.74) is 7.95. The molecule has 0 aliphatic heterocycles. The first-order valence-electron chi connectivity index (χ1n) is 8.53. The number of hydrogen-bond acceptors (Lipinski definition) is 3. The maximum Gasteiger partial charge on any atom is 0.332 e. The van der Waals surface area contributed by atoms with Crippen molar-refractivity contribution in [3.05, 3.63) is 29.8 Å². The first-order chi connectivity index (χ1) is 11.2. The van der Waals surface area contributed by atoms with E-state index in [2.05, 4.69) is 17.5 Å². The number of hydrazone groups is 1. The smallest absolute Gasteiger partial charge is 0.332 e. The highest BCUT2D eigenvalue weighted by Crippen LogP contribution is 2.13. The summed E-state index contributed by atoms with van der Waals surface area (Å²) in [6.45, 7) is 3.00. The summed E-state index contributed by atoms with van der Waals surface area (Å²) in [5, 5.41) is 3.70. The first kappa shape index (κ1) is 19.0. The third kappa shape index (κ3) is 10.3. The van der Waals surface area contributed by atoms with Crippen LogP contribution in [0.1, 0.15) is 63.9 Å². The van der Waals surface area contributed by atoms with Gasteiger partial charge < -0.3 is 10.5 Å². The molecule has 0 heterocycles. The number of nitrogens with one attached hydrogen (secondary N) is 1. The van der Waals surface area contributed by atoms with Crippen LogP contribution in [0.25, 0.3) is 0 Å². The molecule has 0 saturated carbocycles. The van der Waals surface area contributed by atoms with Gasteiger partial charge in [0, 0.05) is 0 Å². The number of rotatable bonds is 12. The highest BCUT2D eigenvalue weighted by Gasteiger charge is 1.96. The highest BCUT2D eigenvalue weighted by molar-refractivity contribution is 5.81. The number of unbranched alkanes of at least 4 members (excludes halogenated alkanes) is 7. The van der Waals surface area contributed by atoms with Crippen molar-refractivity contribution in [2.24, 2.45) is 10.8 Å². The normalized spacial score (nSPS) is 10.8. The number of urea groups is 1. The minimum Gasteiger partial charge on any atom is -0.494 e. The third-order valence-corrected chi connectivity index (χ3v) is 3.54. The summed E-state index contributed by atoms with van der Waals surface area (Å²) in [7, 11) is 0. The topological polar surface area (TPSA) is 76.7 Å². The third-order valence-electron chi connectivity index (χ3n) is 3.54. The van der Waals surface area contributed by atoms with E-state index in [-0.39, 0.29) is 0 Å². The molecule has 23 heavy (non-hydrogen) atoms. The first-order valence-corrected chi connectivity index (χ1v) is 8.53. The van der Waals surface area contributed by atoms with E-state index < -0.39 is 6.03 Å². The zero-order valence-corrected chi connectivity index (χ0v) is 14.1. The van der Waals surface area contributed by atoms with Crippen molar-refractivity contribution in [1.82, 2.24) is 5.43 Å². The Hall–Kier alpha value is -2.04. The number of ether oxygens (including phenoxy) is 1. The van der Waals surface area contributed by atoms with E-state index in [0.717, 1.165) is 24.3 Å². The number of benzene rings is 1. The van der Waals surface area contributed by atoms with Crippen LogP contribution in [0.4, 0.5) is 4.79 Å². The molecule has 0 spiro atoms. The molecule has 0 aliphatic carbocycles. The summed E-state index contributed by atoms with van der Waals surface area (Å²) in [6.07, 6.45) is 11.9. The second kappa shape index (κ2) is 12.5. The molecule has 0 aromatic heterocycles. The van der Waals surface area contributed by atoms with Crippen LogP contribution in [0.3, 0.4) is 0 Å². The standard InChI is InChI=1S/C18H29N3O2/c1-2-3-4-5-6-7-8-9-14-23-17-12-10-16(11-13-17)15-20-21-18(19)22/h10-13,15H,2-9,14H2,1H3,(H3,19,21,22). The summed E-state index contributed by atoms with van der Waals surface area (Å²) in [6, 6.07) is 6.89. The lowest BCUT2D eigenvalue weighted by atomic mass is 10.1. The number of nitrogens with zero attached hydrogens (tertiary/aromatic N) is 1. The van der Waals surface area contributed by atoms with Crippen molar-refractivity contribution in [2.75, 3.05) is 6.61 Å². The summed E-state index contributed by atoms with van der Waals surface area (Å²) in [5.74, 6) is 0.855. The van der Waals surface area contributed by atoms with E-state index >= 15 is 0 Å². The van der Waals surface area contributed by atoms with Gasteiger partial charge >= 0.3 is 6.03 Å². The minimum absolute atomic E-state index is 0.674. The predicted molar refractivity (Wildman–Crippen MR) is 94.9 cm³/mol. The average molecular weight is 319 g/mol. The lowest BCUT2D eigenvalue weighted by Gasteiger charge is -2.06. The Bertz CT molecular complexity index is 458. The molecule has 1 aromatic carbocycles. The molecule has 3 N–H and O–H groups in total. The molecule has 5 nitrogen and oxygen atoms in total. The van der Waals surface area contributed by atoms with E-state index in [1.807, 2.05) is 24.3 Å². The SMILES string of the molecule is CCCCCCCCCCOc1ccc(C=NNC(N)=O)cc1. The lowest BCUT2D eigenvalue weighted by molar-refractivity contribution is 0.249. The predicted octanol–water partition coefficient (Wildman–Crippen LogP) is 4.21. The highest BCUT2D eigenvalue weighted by atomic mass is 16.5. The Kier molecular flexibility index (Phi) is 10.3. The zero-order chi connectivity index (χ0) is 16.8. The van der Waals surface area contributed by atoms with Crippen LogP contribution in [0, 0.1) is 0 Å². The molecule has 0 bridgehead atoms. The molecule has 0 radical (unpaired) electrons. The van der Waals surface area contributed by atoms with Crippen LogP contribution in [-0.4, -0.2) is 18.9 Å². The fourth-order valence-corrected chi connectivity index (χ4v) is 2.25. The van der Waals surface area contributed by atoms with Gasteiger partial charge in [0.1, 0.15) is 5.75 Å². The molecule has 1 aromatic rings. The number of carbonyl (C=O) groups is 1. The fraction of sp³-hybridized carbons (Fsp3) is 0.556. The van der Waals surface area contributed by atoms with Crippen LogP contribution in [-0.2, 0) is 0 Å². The Balaban J connectivity index is 2.09. The number of carbonyl (C=O) groups excluding carboxylic acids is 1. The Morgan fingerprint density at radius 3 is 2.30 bits per heavy atom. The van der Waals surface area contributed by atoms with Crippen LogP contribution < -0.4 is 15.9 Å². The minimum atomic E-state index is -0.674. The van der Waals surface area contributed by atoms with E-state index in [4.69, 9.17) is 10.5 Å². The summed E-state index contributed by atoms with van der Waals surface area (Å²) >= 11 is 0. The molecule has 0 unspecified atom stereocenters. The lowest BCUT2D eigenvalue weighted by Crippen LogP contribution is -2.24. The number of amides is 2. The average Bonchev–Trinajstić information content (AvgIpc) is 2.54. The maximum atomic E-state index is 10.5. The van der Waals surface area contributed by atoms with Gasteiger partial charge in [-0.3, -0.25) is 0 Å². The second-order valence-electron chi connectivity index (χ2n) is 5.63. The molecule has 5 heteroatoms. The van der Waals surface area contributed by atoms with Gasteiger partial charge in [-0.2, -0.15) is 5.10 Å². The zero-order valence-electron chi connectivity index (χ0n) is 14.1. The van der Waals surface area contributed by atoms with Crippen molar-refractivity contribution in [3.8, 4) is 5.75 Å². The van der Waals surface area contributed by atoms with Crippen molar-refractivity contribution < 1.29 is 9.53 Å². The van der Waals surface area contributed by atoms with E-state index in [1.54, 1.807) is 0 Å². The van der Waals surface area contributed by atoms with E-state index in [0.29, 0.717) is 0 Å². The molecule has 1 rings (SSSR count). The summed E-state index contributed by atoms with van der Waals surface area (Å²) in [4.78, 5) is 10.5. The van der Waals surface area contributed by atoms with Crippen molar-refractivity contribution in [2.45, 2.75) is 58.3 Å². The van der Waals surface area contributed by atoms with Gasteiger partial charge in [0.2, 0.25) is 0 Å². The molecular formula is C18H29N3O2.